The van der Waals surface area contributed by atoms with E-state index in [2.05, 4.69) is 15.9 Å². The van der Waals surface area contributed by atoms with Crippen LogP contribution in [0.5, 0.6) is 0 Å². The van der Waals surface area contributed by atoms with E-state index in [0.29, 0.717) is 12.1 Å². The highest BCUT2D eigenvalue weighted by molar-refractivity contribution is 9.10. The van der Waals surface area contributed by atoms with Gasteiger partial charge < -0.3 is 5.73 Å². The fourth-order valence-electron chi connectivity index (χ4n) is 2.79. The van der Waals surface area contributed by atoms with Gasteiger partial charge in [-0.05, 0) is 60.3 Å². The van der Waals surface area contributed by atoms with Crippen molar-refractivity contribution in [2.75, 3.05) is 6.54 Å². The lowest BCUT2D eigenvalue weighted by Crippen LogP contribution is -2.51. The Morgan fingerprint density at radius 2 is 2.10 bits per heavy atom. The largest absolute Gasteiger partial charge is 0.326 e. The molecule has 21 heavy (non-hydrogen) atoms. The Labute approximate surface area is 133 Å². The molecule has 0 radical (unpaired) electrons. The van der Waals surface area contributed by atoms with E-state index in [0.717, 1.165) is 19.3 Å². The van der Waals surface area contributed by atoms with Gasteiger partial charge >= 0.3 is 0 Å². The summed E-state index contributed by atoms with van der Waals surface area (Å²) in [6, 6.07) is 2.14. The summed E-state index contributed by atoms with van der Waals surface area (Å²) in [5, 5.41) is 0. The lowest BCUT2D eigenvalue weighted by molar-refractivity contribution is 0.227. The second-order valence-electron chi connectivity index (χ2n) is 5.57. The van der Waals surface area contributed by atoms with Gasteiger partial charge in [-0.2, -0.15) is 4.31 Å². The number of nitrogens with zero attached hydrogens (tertiary/aromatic N) is 1. The highest BCUT2D eigenvalue weighted by atomic mass is 79.9. The zero-order valence-corrected chi connectivity index (χ0v) is 14.5. The normalized spacial score (nSPS) is 22.2. The SMILES string of the molecule is Cc1cc(F)c(Br)cc1S(=O)(=O)N1CCCCC1C(C)N. The second kappa shape index (κ2) is 6.32. The number of rotatable bonds is 3. The van der Waals surface area contributed by atoms with E-state index in [1.165, 1.54) is 16.4 Å². The number of sulfonamides is 1. The van der Waals surface area contributed by atoms with Gasteiger partial charge in [0, 0.05) is 18.6 Å². The lowest BCUT2D eigenvalue weighted by Gasteiger charge is -2.37. The van der Waals surface area contributed by atoms with Gasteiger partial charge in [0.2, 0.25) is 10.0 Å². The number of hydrogen-bond acceptors (Lipinski definition) is 3. The minimum Gasteiger partial charge on any atom is -0.326 e. The van der Waals surface area contributed by atoms with Gasteiger partial charge in [0.1, 0.15) is 5.82 Å². The number of nitrogens with two attached hydrogens (primary N) is 1. The smallest absolute Gasteiger partial charge is 0.243 e. The summed E-state index contributed by atoms with van der Waals surface area (Å²) >= 11 is 3.06. The van der Waals surface area contributed by atoms with Crippen molar-refractivity contribution in [3.8, 4) is 0 Å². The van der Waals surface area contributed by atoms with Crippen LogP contribution in [0, 0.1) is 12.7 Å². The summed E-state index contributed by atoms with van der Waals surface area (Å²) in [5.41, 5.74) is 6.36. The van der Waals surface area contributed by atoms with Crippen LogP contribution in [-0.2, 0) is 10.0 Å². The van der Waals surface area contributed by atoms with Crippen LogP contribution in [-0.4, -0.2) is 31.4 Å². The molecule has 1 aromatic rings. The minimum absolute atomic E-state index is 0.142. The van der Waals surface area contributed by atoms with Crippen molar-refractivity contribution in [1.82, 2.24) is 4.31 Å². The average molecular weight is 379 g/mol. The van der Waals surface area contributed by atoms with E-state index in [9.17, 15) is 12.8 Å². The van der Waals surface area contributed by atoms with Crippen LogP contribution in [0.1, 0.15) is 31.7 Å². The topological polar surface area (TPSA) is 63.4 Å². The minimum atomic E-state index is -3.67. The van der Waals surface area contributed by atoms with Crippen LogP contribution in [0.25, 0.3) is 0 Å². The van der Waals surface area contributed by atoms with Crippen molar-refractivity contribution in [2.45, 2.75) is 50.1 Å². The molecule has 1 fully saturated rings. The first-order valence-corrected chi connectivity index (χ1v) is 9.21. The zero-order chi connectivity index (χ0) is 15.8. The van der Waals surface area contributed by atoms with Crippen molar-refractivity contribution in [2.24, 2.45) is 5.73 Å². The molecule has 0 bridgehead atoms. The molecule has 118 valence electrons. The Kier molecular flexibility index (Phi) is 5.07. The predicted octanol–water partition coefficient (Wildman–Crippen LogP) is 2.79. The number of piperidine rings is 1. The van der Waals surface area contributed by atoms with Gasteiger partial charge in [-0.25, -0.2) is 12.8 Å². The van der Waals surface area contributed by atoms with Gasteiger partial charge in [0.15, 0.2) is 0 Å². The third kappa shape index (κ3) is 3.31. The van der Waals surface area contributed by atoms with Gasteiger partial charge in [0.25, 0.3) is 0 Å². The number of hydrogen-bond donors (Lipinski definition) is 1. The summed E-state index contributed by atoms with van der Waals surface area (Å²) < 4.78 is 41.0. The summed E-state index contributed by atoms with van der Waals surface area (Å²) in [6.45, 7) is 3.89. The Hall–Kier alpha value is -0.500. The summed E-state index contributed by atoms with van der Waals surface area (Å²) in [6.07, 6.45) is 2.56. The first-order chi connectivity index (χ1) is 9.75. The molecular weight excluding hydrogens is 359 g/mol. The average Bonchev–Trinajstić information content (AvgIpc) is 2.42. The molecule has 2 atom stereocenters. The Morgan fingerprint density at radius 3 is 2.71 bits per heavy atom. The second-order valence-corrected chi connectivity index (χ2v) is 8.28. The van der Waals surface area contributed by atoms with Crippen molar-refractivity contribution < 1.29 is 12.8 Å². The van der Waals surface area contributed by atoms with Crippen molar-refractivity contribution >= 4 is 26.0 Å². The van der Waals surface area contributed by atoms with Gasteiger partial charge in [-0.3, -0.25) is 0 Å². The summed E-state index contributed by atoms with van der Waals surface area (Å²) in [7, 11) is -3.67. The molecular formula is C14H20BrFN2O2S. The third-order valence-corrected chi connectivity index (χ3v) is 6.58. The molecule has 1 aromatic carbocycles. The first kappa shape index (κ1) is 16.9. The van der Waals surface area contributed by atoms with Gasteiger partial charge in [-0.15, -0.1) is 0 Å². The maximum atomic E-state index is 13.5. The van der Waals surface area contributed by atoms with Crippen molar-refractivity contribution in [3.05, 3.63) is 28.0 Å². The number of halogens is 2. The Morgan fingerprint density at radius 1 is 1.43 bits per heavy atom. The fraction of sp³-hybridized carbons (Fsp3) is 0.571. The molecule has 0 spiro atoms. The van der Waals surface area contributed by atoms with E-state index < -0.39 is 15.8 Å². The molecule has 0 saturated carbocycles. The van der Waals surface area contributed by atoms with Gasteiger partial charge in [-0.1, -0.05) is 6.42 Å². The lowest BCUT2D eigenvalue weighted by atomic mass is 10.00. The van der Waals surface area contributed by atoms with Crippen molar-refractivity contribution in [3.63, 3.8) is 0 Å². The van der Waals surface area contributed by atoms with Crippen LogP contribution < -0.4 is 5.73 Å². The molecule has 2 N–H and O–H groups in total. The summed E-state index contributed by atoms with van der Waals surface area (Å²) in [5.74, 6) is -0.464. The highest BCUT2D eigenvalue weighted by Crippen LogP contribution is 2.30. The molecule has 7 heteroatoms. The molecule has 1 heterocycles. The van der Waals surface area contributed by atoms with Crippen molar-refractivity contribution in [1.29, 1.82) is 0 Å². The predicted molar refractivity (Wildman–Crippen MR) is 84.0 cm³/mol. The van der Waals surface area contributed by atoms with Gasteiger partial charge in [0.05, 0.1) is 9.37 Å². The molecule has 1 aliphatic heterocycles. The Balaban J connectivity index is 2.48. The molecule has 0 aromatic heterocycles. The zero-order valence-electron chi connectivity index (χ0n) is 12.1. The first-order valence-electron chi connectivity index (χ1n) is 6.98. The Bertz CT molecular complexity index is 634. The maximum absolute atomic E-state index is 13.5. The standard InChI is InChI=1S/C14H20BrFN2O2S/c1-9-7-12(16)11(15)8-14(9)21(19,20)18-6-4-3-5-13(18)10(2)17/h7-8,10,13H,3-6,17H2,1-2H3. The van der Waals surface area contributed by atoms with E-state index in [4.69, 9.17) is 5.73 Å². The van der Waals surface area contributed by atoms with Crippen LogP contribution in [0.2, 0.25) is 0 Å². The highest BCUT2D eigenvalue weighted by Gasteiger charge is 2.36. The van der Waals surface area contributed by atoms with E-state index in [1.807, 2.05) is 6.92 Å². The fourth-order valence-corrected chi connectivity index (χ4v) is 5.29. The molecule has 2 unspecified atom stereocenters. The van der Waals surface area contributed by atoms with E-state index >= 15 is 0 Å². The number of aryl methyl sites for hydroxylation is 1. The molecule has 0 aliphatic carbocycles. The molecule has 0 amide bonds. The summed E-state index contributed by atoms with van der Waals surface area (Å²) in [4.78, 5) is 0.142. The molecule has 1 saturated heterocycles. The molecule has 2 rings (SSSR count). The van der Waals surface area contributed by atoms with Crippen LogP contribution in [0.4, 0.5) is 4.39 Å². The van der Waals surface area contributed by atoms with Crippen LogP contribution >= 0.6 is 15.9 Å². The monoisotopic (exact) mass is 378 g/mol. The maximum Gasteiger partial charge on any atom is 0.243 e. The third-order valence-electron chi connectivity index (χ3n) is 3.91. The van der Waals surface area contributed by atoms with E-state index in [1.54, 1.807) is 6.92 Å². The number of benzene rings is 1. The van der Waals surface area contributed by atoms with E-state index in [-0.39, 0.29) is 21.5 Å². The van der Waals surface area contributed by atoms with Crippen LogP contribution in [0.15, 0.2) is 21.5 Å². The van der Waals surface area contributed by atoms with Crippen LogP contribution in [0.3, 0.4) is 0 Å². The quantitative estimate of drug-likeness (QED) is 0.879. The molecule has 4 nitrogen and oxygen atoms in total. The molecule has 1 aliphatic rings.